The molecule has 1 aromatic rings. The first kappa shape index (κ1) is 12.1. The predicted octanol–water partition coefficient (Wildman–Crippen LogP) is 2.84. The second-order valence-electron chi connectivity index (χ2n) is 4.25. The Morgan fingerprint density at radius 2 is 2.41 bits per heavy atom. The fourth-order valence-electron chi connectivity index (χ4n) is 1.93. The Kier molecular flexibility index (Phi) is 4.15. The minimum Gasteiger partial charge on any atom is -0.491 e. The Bertz CT molecular complexity index is 381. The lowest BCUT2D eigenvalue weighted by atomic mass is 10.1. The summed E-state index contributed by atoms with van der Waals surface area (Å²) in [7, 11) is 0. The van der Waals surface area contributed by atoms with Crippen LogP contribution in [0.25, 0.3) is 0 Å². The van der Waals surface area contributed by atoms with E-state index in [0.29, 0.717) is 13.0 Å². The fraction of sp³-hybridized carbons (Fsp3) is 0.500. The normalized spacial score (nSPS) is 19.2. The quantitative estimate of drug-likeness (QED) is 0.735. The zero-order chi connectivity index (χ0) is 12.1. The molecule has 0 amide bonds. The maximum atomic E-state index is 11.5. The maximum Gasteiger partial charge on any atom is 0.162 e. The van der Waals surface area contributed by atoms with Gasteiger partial charge in [0.05, 0.1) is 6.10 Å². The van der Waals surface area contributed by atoms with Gasteiger partial charge in [-0.3, -0.25) is 4.79 Å². The van der Waals surface area contributed by atoms with Gasteiger partial charge in [-0.15, -0.1) is 0 Å². The summed E-state index contributed by atoms with van der Waals surface area (Å²) >= 11 is 0. The second-order valence-corrected chi connectivity index (χ2v) is 4.25. The molecule has 0 radical (unpaired) electrons. The van der Waals surface area contributed by atoms with Crippen LogP contribution in [-0.4, -0.2) is 25.1 Å². The van der Waals surface area contributed by atoms with Crippen LogP contribution in [0.5, 0.6) is 5.75 Å². The Balaban J connectivity index is 1.93. The predicted molar refractivity (Wildman–Crippen MR) is 65.5 cm³/mol. The minimum absolute atomic E-state index is 0.146. The van der Waals surface area contributed by atoms with Crippen molar-refractivity contribution < 1.29 is 14.3 Å². The van der Waals surface area contributed by atoms with E-state index in [1.54, 1.807) is 6.07 Å². The van der Waals surface area contributed by atoms with Gasteiger partial charge >= 0.3 is 0 Å². The van der Waals surface area contributed by atoms with Crippen LogP contribution in [0.15, 0.2) is 24.3 Å². The first-order valence-corrected chi connectivity index (χ1v) is 6.17. The fourth-order valence-corrected chi connectivity index (χ4v) is 1.93. The van der Waals surface area contributed by atoms with Crippen LogP contribution in [0.2, 0.25) is 0 Å². The number of hydrogen-bond acceptors (Lipinski definition) is 3. The molecule has 1 saturated heterocycles. The van der Waals surface area contributed by atoms with Crippen molar-refractivity contribution in [1.29, 1.82) is 0 Å². The number of carbonyl (C=O) groups is 1. The molecule has 0 spiro atoms. The summed E-state index contributed by atoms with van der Waals surface area (Å²) in [4.78, 5) is 11.5. The van der Waals surface area contributed by atoms with Gasteiger partial charge in [-0.2, -0.15) is 0 Å². The van der Waals surface area contributed by atoms with Gasteiger partial charge in [0.25, 0.3) is 0 Å². The number of ether oxygens (including phenoxy) is 2. The van der Waals surface area contributed by atoms with E-state index in [4.69, 9.17) is 9.47 Å². The van der Waals surface area contributed by atoms with E-state index in [0.717, 1.165) is 30.8 Å². The van der Waals surface area contributed by atoms with Crippen LogP contribution in [0.4, 0.5) is 0 Å². The largest absolute Gasteiger partial charge is 0.491 e. The van der Waals surface area contributed by atoms with Crippen molar-refractivity contribution in [3.8, 4) is 5.75 Å². The van der Waals surface area contributed by atoms with Gasteiger partial charge in [0, 0.05) is 18.6 Å². The van der Waals surface area contributed by atoms with Crippen molar-refractivity contribution in [2.75, 3.05) is 13.2 Å². The maximum absolute atomic E-state index is 11.5. The SMILES string of the molecule is CCC(=O)c1cccc(OCC2CCCO2)c1. The third-order valence-electron chi connectivity index (χ3n) is 2.94. The molecule has 2 rings (SSSR count). The number of ketones is 1. The number of benzene rings is 1. The summed E-state index contributed by atoms with van der Waals surface area (Å²) in [5.74, 6) is 0.896. The van der Waals surface area contributed by atoms with Gasteiger partial charge in [-0.25, -0.2) is 0 Å². The molecule has 92 valence electrons. The van der Waals surface area contributed by atoms with Crippen LogP contribution >= 0.6 is 0 Å². The van der Waals surface area contributed by atoms with E-state index in [1.165, 1.54) is 0 Å². The molecule has 3 heteroatoms. The smallest absolute Gasteiger partial charge is 0.162 e. The monoisotopic (exact) mass is 234 g/mol. The Labute approximate surface area is 102 Å². The molecule has 0 N–H and O–H groups in total. The highest BCUT2D eigenvalue weighted by Crippen LogP contribution is 2.17. The topological polar surface area (TPSA) is 35.5 Å². The van der Waals surface area contributed by atoms with Gasteiger partial charge < -0.3 is 9.47 Å². The molecule has 1 heterocycles. The van der Waals surface area contributed by atoms with Gasteiger partial charge in [0.2, 0.25) is 0 Å². The average molecular weight is 234 g/mol. The summed E-state index contributed by atoms with van der Waals surface area (Å²) in [5, 5.41) is 0. The highest BCUT2D eigenvalue weighted by molar-refractivity contribution is 5.96. The first-order valence-electron chi connectivity index (χ1n) is 6.17. The molecular weight excluding hydrogens is 216 g/mol. The van der Waals surface area contributed by atoms with Crippen molar-refractivity contribution >= 4 is 5.78 Å². The zero-order valence-electron chi connectivity index (χ0n) is 10.1. The van der Waals surface area contributed by atoms with Crippen molar-refractivity contribution in [2.45, 2.75) is 32.3 Å². The average Bonchev–Trinajstić information content (AvgIpc) is 2.89. The van der Waals surface area contributed by atoms with Crippen molar-refractivity contribution in [3.63, 3.8) is 0 Å². The summed E-state index contributed by atoms with van der Waals surface area (Å²) < 4.78 is 11.1. The summed E-state index contributed by atoms with van der Waals surface area (Å²) in [6.45, 7) is 3.27. The highest BCUT2D eigenvalue weighted by atomic mass is 16.5. The Hall–Kier alpha value is -1.35. The van der Waals surface area contributed by atoms with E-state index in [2.05, 4.69) is 0 Å². The molecule has 0 saturated carbocycles. The first-order chi connectivity index (χ1) is 8.29. The van der Waals surface area contributed by atoms with E-state index in [-0.39, 0.29) is 11.9 Å². The van der Waals surface area contributed by atoms with Crippen LogP contribution < -0.4 is 4.74 Å². The number of carbonyl (C=O) groups excluding carboxylic acids is 1. The zero-order valence-corrected chi connectivity index (χ0v) is 10.1. The Morgan fingerprint density at radius 3 is 3.12 bits per heavy atom. The number of rotatable bonds is 5. The molecular formula is C14H18O3. The third kappa shape index (κ3) is 3.30. The Morgan fingerprint density at radius 1 is 1.53 bits per heavy atom. The summed E-state index contributed by atoms with van der Waals surface area (Å²) in [6.07, 6.45) is 2.91. The molecule has 1 atom stereocenters. The molecule has 1 fully saturated rings. The molecule has 17 heavy (non-hydrogen) atoms. The van der Waals surface area contributed by atoms with E-state index in [1.807, 2.05) is 25.1 Å². The molecule has 1 aliphatic heterocycles. The van der Waals surface area contributed by atoms with Crippen molar-refractivity contribution in [2.24, 2.45) is 0 Å². The number of hydrogen-bond donors (Lipinski definition) is 0. The second kappa shape index (κ2) is 5.82. The molecule has 1 aromatic carbocycles. The van der Waals surface area contributed by atoms with Crippen LogP contribution in [0, 0.1) is 0 Å². The van der Waals surface area contributed by atoms with Crippen LogP contribution in [0.3, 0.4) is 0 Å². The standard InChI is InChI=1S/C14H18O3/c1-2-14(15)11-5-3-6-12(9-11)17-10-13-7-4-8-16-13/h3,5-6,9,13H,2,4,7-8,10H2,1H3. The molecule has 0 aromatic heterocycles. The highest BCUT2D eigenvalue weighted by Gasteiger charge is 2.16. The lowest BCUT2D eigenvalue weighted by molar-refractivity contribution is 0.0679. The van der Waals surface area contributed by atoms with E-state index < -0.39 is 0 Å². The van der Waals surface area contributed by atoms with Crippen molar-refractivity contribution in [1.82, 2.24) is 0 Å². The van der Waals surface area contributed by atoms with Gasteiger partial charge in [-0.1, -0.05) is 19.1 Å². The van der Waals surface area contributed by atoms with Crippen LogP contribution in [0.1, 0.15) is 36.5 Å². The minimum atomic E-state index is 0.146. The molecule has 1 unspecified atom stereocenters. The van der Waals surface area contributed by atoms with Gasteiger partial charge in [0.1, 0.15) is 12.4 Å². The molecule has 0 bridgehead atoms. The summed E-state index contributed by atoms with van der Waals surface area (Å²) in [5.41, 5.74) is 0.720. The number of Topliss-reactive ketones (excluding diaryl/α,β-unsaturated/α-hetero) is 1. The van der Waals surface area contributed by atoms with Crippen molar-refractivity contribution in [3.05, 3.63) is 29.8 Å². The molecule has 0 aliphatic carbocycles. The lowest BCUT2D eigenvalue weighted by Crippen LogP contribution is -2.16. The third-order valence-corrected chi connectivity index (χ3v) is 2.94. The summed E-state index contributed by atoms with van der Waals surface area (Å²) in [6, 6.07) is 7.36. The molecule has 1 aliphatic rings. The lowest BCUT2D eigenvalue weighted by Gasteiger charge is -2.11. The van der Waals surface area contributed by atoms with E-state index in [9.17, 15) is 4.79 Å². The van der Waals surface area contributed by atoms with E-state index >= 15 is 0 Å². The van der Waals surface area contributed by atoms with Gasteiger partial charge in [-0.05, 0) is 25.0 Å². The van der Waals surface area contributed by atoms with Gasteiger partial charge in [0.15, 0.2) is 5.78 Å². The molecule has 3 nitrogen and oxygen atoms in total. The van der Waals surface area contributed by atoms with Crippen LogP contribution in [-0.2, 0) is 4.74 Å².